The fourth-order valence-corrected chi connectivity index (χ4v) is 2.37. The number of carbonyl (C=O) groups excluding carboxylic acids is 1. The Morgan fingerprint density at radius 1 is 1.00 bits per heavy atom. The lowest BCUT2D eigenvalue weighted by molar-refractivity contribution is 0.103. The van der Waals surface area contributed by atoms with Gasteiger partial charge in [-0.15, -0.1) is 0 Å². The zero-order chi connectivity index (χ0) is 15.8. The van der Waals surface area contributed by atoms with Crippen molar-refractivity contribution in [2.45, 2.75) is 26.2 Å². The van der Waals surface area contributed by atoms with Gasteiger partial charge in [0.15, 0.2) is 5.78 Å². The summed E-state index contributed by atoms with van der Waals surface area (Å²) in [4.78, 5) is 12.5. The summed E-state index contributed by atoms with van der Waals surface area (Å²) in [7, 11) is 0. The highest BCUT2D eigenvalue weighted by molar-refractivity contribution is 6.44. The molecule has 0 spiro atoms. The first kappa shape index (κ1) is 15.9. The van der Waals surface area contributed by atoms with Crippen LogP contribution >= 0.6 is 23.2 Å². The Bertz CT molecular complexity index is 662. The molecule has 2 nitrogen and oxygen atoms in total. The van der Waals surface area contributed by atoms with Gasteiger partial charge >= 0.3 is 0 Å². The number of nitrogen functional groups attached to an aromatic ring is 1. The van der Waals surface area contributed by atoms with E-state index in [2.05, 4.69) is 20.8 Å². The molecule has 110 valence electrons. The first-order valence-corrected chi connectivity index (χ1v) is 7.35. The molecule has 0 bridgehead atoms. The van der Waals surface area contributed by atoms with E-state index >= 15 is 0 Å². The van der Waals surface area contributed by atoms with Gasteiger partial charge in [-0.25, -0.2) is 0 Å². The third-order valence-corrected chi connectivity index (χ3v) is 4.15. The highest BCUT2D eigenvalue weighted by atomic mass is 35.5. The van der Waals surface area contributed by atoms with Gasteiger partial charge < -0.3 is 5.73 Å². The van der Waals surface area contributed by atoms with Gasteiger partial charge in [0.2, 0.25) is 0 Å². The van der Waals surface area contributed by atoms with Crippen LogP contribution < -0.4 is 5.73 Å². The summed E-state index contributed by atoms with van der Waals surface area (Å²) in [6.45, 7) is 6.39. The van der Waals surface area contributed by atoms with Crippen LogP contribution in [0.4, 0.5) is 5.69 Å². The van der Waals surface area contributed by atoms with Gasteiger partial charge in [0, 0.05) is 11.1 Å². The van der Waals surface area contributed by atoms with Gasteiger partial charge in [0.25, 0.3) is 0 Å². The van der Waals surface area contributed by atoms with Crippen LogP contribution in [0.5, 0.6) is 0 Å². The average Bonchev–Trinajstić information content (AvgIpc) is 2.42. The number of hydrogen-bond acceptors (Lipinski definition) is 2. The maximum absolute atomic E-state index is 12.5. The summed E-state index contributed by atoms with van der Waals surface area (Å²) >= 11 is 11.9. The summed E-state index contributed by atoms with van der Waals surface area (Å²) in [6, 6.07) is 10.7. The molecule has 4 heteroatoms. The average molecular weight is 322 g/mol. The number of nitrogens with two attached hydrogens (primary N) is 1. The van der Waals surface area contributed by atoms with E-state index in [0.717, 1.165) is 0 Å². The maximum Gasteiger partial charge on any atom is 0.193 e. The Morgan fingerprint density at radius 2 is 1.57 bits per heavy atom. The largest absolute Gasteiger partial charge is 0.397 e. The summed E-state index contributed by atoms with van der Waals surface area (Å²) in [5, 5.41) is 0.558. The summed E-state index contributed by atoms with van der Waals surface area (Å²) in [6.07, 6.45) is 0. The minimum Gasteiger partial charge on any atom is -0.397 e. The molecule has 0 amide bonds. The second-order valence-electron chi connectivity index (χ2n) is 6.02. The van der Waals surface area contributed by atoms with Crippen LogP contribution in [0, 0.1) is 0 Å². The predicted octanol–water partition coefficient (Wildman–Crippen LogP) is 5.10. The Labute approximate surface area is 134 Å². The third-order valence-electron chi connectivity index (χ3n) is 3.33. The first-order valence-electron chi connectivity index (χ1n) is 6.60. The smallest absolute Gasteiger partial charge is 0.193 e. The number of benzene rings is 2. The third kappa shape index (κ3) is 3.39. The normalized spacial score (nSPS) is 11.5. The van der Waals surface area contributed by atoms with Crippen molar-refractivity contribution in [2.75, 3.05) is 5.73 Å². The molecule has 0 heterocycles. The predicted molar refractivity (Wildman–Crippen MR) is 89.4 cm³/mol. The van der Waals surface area contributed by atoms with Crippen molar-refractivity contribution < 1.29 is 4.79 Å². The number of rotatable bonds is 2. The molecule has 0 fully saturated rings. The molecule has 0 atom stereocenters. The Morgan fingerprint density at radius 3 is 2.05 bits per heavy atom. The molecular weight excluding hydrogens is 305 g/mol. The topological polar surface area (TPSA) is 43.1 Å². The highest BCUT2D eigenvalue weighted by Crippen LogP contribution is 2.30. The number of halogens is 2. The van der Waals surface area contributed by atoms with Crippen LogP contribution in [0.1, 0.15) is 42.3 Å². The molecule has 0 unspecified atom stereocenters. The molecule has 2 aromatic carbocycles. The fourth-order valence-electron chi connectivity index (χ4n) is 2.03. The van der Waals surface area contributed by atoms with E-state index in [4.69, 9.17) is 28.9 Å². The van der Waals surface area contributed by atoms with E-state index < -0.39 is 0 Å². The molecule has 2 rings (SSSR count). The lowest BCUT2D eigenvalue weighted by Crippen LogP contribution is -2.11. The lowest BCUT2D eigenvalue weighted by atomic mass is 9.86. The van der Waals surface area contributed by atoms with Crippen LogP contribution in [0.15, 0.2) is 36.4 Å². The Kier molecular flexibility index (Phi) is 4.31. The Hall–Kier alpha value is -1.51. The Balaban J connectivity index is 2.37. The molecular formula is C17H17Cl2NO. The molecule has 2 aromatic rings. The standard InChI is InChI=1S/C17H17Cl2NO/c1-17(2,3)12-6-4-10(5-7-12)16(21)11-8-13(18)15(19)14(20)9-11/h4-9H,20H2,1-3H3. The molecule has 2 N–H and O–H groups in total. The number of carbonyl (C=O) groups is 1. The van der Waals surface area contributed by atoms with E-state index in [-0.39, 0.29) is 21.2 Å². The molecule has 21 heavy (non-hydrogen) atoms. The van der Waals surface area contributed by atoms with Gasteiger partial charge in [-0.2, -0.15) is 0 Å². The van der Waals surface area contributed by atoms with Crippen molar-refractivity contribution in [2.24, 2.45) is 0 Å². The van der Waals surface area contributed by atoms with E-state index in [0.29, 0.717) is 16.8 Å². The fraction of sp³-hybridized carbons (Fsp3) is 0.235. The minimum absolute atomic E-state index is 0.0512. The summed E-state index contributed by atoms with van der Waals surface area (Å²) in [5.41, 5.74) is 8.31. The van der Waals surface area contributed by atoms with Gasteiger partial charge in [-0.1, -0.05) is 68.2 Å². The van der Waals surface area contributed by atoms with Crippen LogP contribution in [0.25, 0.3) is 0 Å². The second-order valence-corrected chi connectivity index (χ2v) is 6.80. The van der Waals surface area contributed by atoms with E-state index in [1.807, 2.05) is 24.3 Å². The zero-order valence-corrected chi connectivity index (χ0v) is 13.7. The van der Waals surface area contributed by atoms with E-state index in [1.165, 1.54) is 5.56 Å². The number of anilines is 1. The van der Waals surface area contributed by atoms with E-state index in [1.54, 1.807) is 12.1 Å². The number of ketones is 1. The molecule has 0 aliphatic rings. The van der Waals surface area contributed by atoms with Crippen molar-refractivity contribution in [3.8, 4) is 0 Å². The minimum atomic E-state index is -0.124. The van der Waals surface area contributed by atoms with Crippen molar-refractivity contribution in [1.29, 1.82) is 0 Å². The van der Waals surface area contributed by atoms with Gasteiger partial charge in [0.05, 0.1) is 15.7 Å². The van der Waals surface area contributed by atoms with Crippen molar-refractivity contribution in [1.82, 2.24) is 0 Å². The second kappa shape index (κ2) is 5.70. The maximum atomic E-state index is 12.5. The SMILES string of the molecule is CC(C)(C)c1ccc(C(=O)c2cc(N)c(Cl)c(Cl)c2)cc1. The zero-order valence-electron chi connectivity index (χ0n) is 12.2. The molecule has 0 aromatic heterocycles. The van der Waals surface area contributed by atoms with Crippen molar-refractivity contribution in [3.63, 3.8) is 0 Å². The number of hydrogen-bond donors (Lipinski definition) is 1. The van der Waals surface area contributed by atoms with Gasteiger partial charge in [-0.3, -0.25) is 4.79 Å². The summed E-state index contributed by atoms with van der Waals surface area (Å²) in [5.74, 6) is -0.124. The van der Waals surface area contributed by atoms with Crippen molar-refractivity contribution >= 4 is 34.7 Å². The molecule has 0 radical (unpaired) electrons. The van der Waals surface area contributed by atoms with Crippen LogP contribution in [0.3, 0.4) is 0 Å². The first-order chi connectivity index (χ1) is 9.70. The van der Waals surface area contributed by atoms with E-state index in [9.17, 15) is 4.79 Å². The molecule has 0 saturated heterocycles. The quantitative estimate of drug-likeness (QED) is 0.617. The highest BCUT2D eigenvalue weighted by Gasteiger charge is 2.16. The summed E-state index contributed by atoms with van der Waals surface area (Å²) < 4.78 is 0. The lowest BCUT2D eigenvalue weighted by Gasteiger charge is -2.19. The molecule has 0 aliphatic heterocycles. The van der Waals surface area contributed by atoms with Crippen LogP contribution in [0.2, 0.25) is 10.0 Å². The van der Waals surface area contributed by atoms with Gasteiger partial charge in [0.1, 0.15) is 0 Å². The van der Waals surface area contributed by atoms with Crippen LogP contribution in [-0.2, 0) is 5.41 Å². The monoisotopic (exact) mass is 321 g/mol. The van der Waals surface area contributed by atoms with Crippen LogP contribution in [-0.4, -0.2) is 5.78 Å². The van der Waals surface area contributed by atoms with Crippen molar-refractivity contribution in [3.05, 3.63) is 63.1 Å². The molecule has 0 saturated carbocycles. The molecule has 0 aliphatic carbocycles. The van der Waals surface area contributed by atoms with Gasteiger partial charge in [-0.05, 0) is 23.1 Å².